The van der Waals surface area contributed by atoms with Crippen LogP contribution in [0.2, 0.25) is 0 Å². The van der Waals surface area contributed by atoms with Crippen molar-refractivity contribution in [2.45, 2.75) is 39.2 Å². The molecule has 1 aromatic rings. The van der Waals surface area contributed by atoms with Gasteiger partial charge in [0.05, 0.1) is 12.5 Å². The fourth-order valence-electron chi connectivity index (χ4n) is 2.45. The van der Waals surface area contributed by atoms with Crippen molar-refractivity contribution >= 4 is 5.91 Å². The zero-order valence-corrected chi connectivity index (χ0v) is 11.1. The van der Waals surface area contributed by atoms with Crippen LogP contribution >= 0.6 is 0 Å². The Morgan fingerprint density at radius 2 is 2.22 bits per heavy atom. The first-order valence-electron chi connectivity index (χ1n) is 6.58. The van der Waals surface area contributed by atoms with Crippen molar-refractivity contribution in [1.29, 1.82) is 0 Å². The fraction of sp³-hybridized carbons (Fsp3) is 0.533. The van der Waals surface area contributed by atoms with Crippen molar-refractivity contribution in [2.75, 3.05) is 13.1 Å². The molecule has 0 unspecified atom stereocenters. The molecule has 2 rings (SSSR count). The predicted molar refractivity (Wildman–Crippen MR) is 71.4 cm³/mol. The number of amides is 1. The standard InChI is InChI=1S/C15H21NO2/c1-11-5-6-12(2)13(8-11)9-15(18)16-7-3-4-14(17)10-16/h5-6,8,14,17H,3-4,7,9-10H2,1-2H3/t14-/m0/s1. The number of aliphatic hydroxyl groups is 1. The van der Waals surface area contributed by atoms with Gasteiger partial charge in [0, 0.05) is 13.1 Å². The number of piperidine rings is 1. The summed E-state index contributed by atoms with van der Waals surface area (Å²) in [6.45, 7) is 5.34. The lowest BCUT2D eigenvalue weighted by Gasteiger charge is -2.30. The molecule has 1 N–H and O–H groups in total. The average Bonchev–Trinajstić information content (AvgIpc) is 2.34. The summed E-state index contributed by atoms with van der Waals surface area (Å²) in [5, 5.41) is 9.60. The lowest BCUT2D eigenvalue weighted by Crippen LogP contribution is -2.42. The molecule has 1 atom stereocenters. The SMILES string of the molecule is Cc1ccc(C)c(CC(=O)N2CCC[C@H](O)C2)c1. The molecule has 1 aliphatic heterocycles. The molecule has 1 aliphatic rings. The van der Waals surface area contributed by atoms with Gasteiger partial charge in [-0.25, -0.2) is 0 Å². The summed E-state index contributed by atoms with van der Waals surface area (Å²) in [4.78, 5) is 14.0. The molecule has 3 heteroatoms. The van der Waals surface area contributed by atoms with E-state index in [0.29, 0.717) is 13.0 Å². The van der Waals surface area contributed by atoms with E-state index >= 15 is 0 Å². The molecule has 0 aromatic heterocycles. The number of likely N-dealkylation sites (tertiary alicyclic amines) is 1. The number of carbonyl (C=O) groups excluding carboxylic acids is 1. The maximum Gasteiger partial charge on any atom is 0.227 e. The molecule has 3 nitrogen and oxygen atoms in total. The topological polar surface area (TPSA) is 40.5 Å². The van der Waals surface area contributed by atoms with Gasteiger partial charge in [0.15, 0.2) is 0 Å². The first-order chi connectivity index (χ1) is 8.56. The van der Waals surface area contributed by atoms with Gasteiger partial charge in [-0.05, 0) is 37.8 Å². The zero-order chi connectivity index (χ0) is 13.1. The third-order valence-electron chi connectivity index (χ3n) is 3.60. The highest BCUT2D eigenvalue weighted by Crippen LogP contribution is 2.15. The largest absolute Gasteiger partial charge is 0.391 e. The Balaban J connectivity index is 2.04. The van der Waals surface area contributed by atoms with Crippen LogP contribution in [0.4, 0.5) is 0 Å². The van der Waals surface area contributed by atoms with Crippen molar-refractivity contribution in [1.82, 2.24) is 4.90 Å². The van der Waals surface area contributed by atoms with Crippen LogP contribution in [0.25, 0.3) is 0 Å². The van der Waals surface area contributed by atoms with E-state index in [9.17, 15) is 9.90 Å². The van der Waals surface area contributed by atoms with Gasteiger partial charge in [0.2, 0.25) is 5.91 Å². The Bertz CT molecular complexity index is 442. The summed E-state index contributed by atoms with van der Waals surface area (Å²) >= 11 is 0. The summed E-state index contributed by atoms with van der Waals surface area (Å²) in [5.74, 6) is 0.127. The van der Waals surface area contributed by atoms with Gasteiger partial charge in [0.1, 0.15) is 0 Å². The monoisotopic (exact) mass is 247 g/mol. The fourth-order valence-corrected chi connectivity index (χ4v) is 2.45. The highest BCUT2D eigenvalue weighted by molar-refractivity contribution is 5.79. The first-order valence-corrected chi connectivity index (χ1v) is 6.58. The Kier molecular flexibility index (Phi) is 4.02. The van der Waals surface area contributed by atoms with Crippen LogP contribution in [0.3, 0.4) is 0 Å². The number of nitrogens with zero attached hydrogens (tertiary/aromatic N) is 1. The van der Waals surface area contributed by atoms with Crippen LogP contribution in [0.15, 0.2) is 18.2 Å². The molecule has 0 bridgehead atoms. The van der Waals surface area contributed by atoms with Gasteiger partial charge in [0.25, 0.3) is 0 Å². The van der Waals surface area contributed by atoms with E-state index in [1.54, 1.807) is 4.90 Å². The van der Waals surface area contributed by atoms with Crippen LogP contribution in [0, 0.1) is 13.8 Å². The smallest absolute Gasteiger partial charge is 0.227 e. The summed E-state index contributed by atoms with van der Waals surface area (Å²) < 4.78 is 0. The normalized spacial score (nSPS) is 19.9. The lowest BCUT2D eigenvalue weighted by atomic mass is 10.0. The number of benzene rings is 1. The Hall–Kier alpha value is -1.35. The van der Waals surface area contributed by atoms with Gasteiger partial charge in [-0.3, -0.25) is 4.79 Å². The number of hydrogen-bond acceptors (Lipinski definition) is 2. The van der Waals surface area contributed by atoms with E-state index in [0.717, 1.165) is 30.5 Å². The predicted octanol–water partition coefficient (Wildman–Crippen LogP) is 1.83. The zero-order valence-electron chi connectivity index (χ0n) is 11.1. The van der Waals surface area contributed by atoms with Crippen molar-refractivity contribution in [3.8, 4) is 0 Å². The summed E-state index contributed by atoms with van der Waals surface area (Å²) in [6.07, 6.45) is 1.81. The molecular formula is C15H21NO2. The van der Waals surface area contributed by atoms with Crippen molar-refractivity contribution in [3.63, 3.8) is 0 Å². The van der Waals surface area contributed by atoms with Gasteiger partial charge in [-0.2, -0.15) is 0 Å². The molecule has 0 saturated carbocycles. The molecule has 0 aliphatic carbocycles. The van der Waals surface area contributed by atoms with Crippen LogP contribution in [-0.2, 0) is 11.2 Å². The second kappa shape index (κ2) is 5.53. The van der Waals surface area contributed by atoms with Crippen LogP contribution in [0.5, 0.6) is 0 Å². The number of rotatable bonds is 2. The summed E-state index contributed by atoms with van der Waals surface area (Å²) in [5.41, 5.74) is 3.44. The van der Waals surface area contributed by atoms with Gasteiger partial charge < -0.3 is 10.0 Å². The van der Waals surface area contributed by atoms with E-state index in [4.69, 9.17) is 0 Å². The molecule has 1 amide bonds. The van der Waals surface area contributed by atoms with Crippen LogP contribution in [0.1, 0.15) is 29.5 Å². The Morgan fingerprint density at radius 1 is 1.44 bits per heavy atom. The molecule has 0 radical (unpaired) electrons. The van der Waals surface area contributed by atoms with E-state index < -0.39 is 0 Å². The highest BCUT2D eigenvalue weighted by atomic mass is 16.3. The van der Waals surface area contributed by atoms with Gasteiger partial charge in [-0.1, -0.05) is 23.8 Å². The molecule has 0 spiro atoms. The first kappa shape index (κ1) is 13.1. The molecule has 1 saturated heterocycles. The Labute approximate surface area is 108 Å². The van der Waals surface area contributed by atoms with Crippen molar-refractivity contribution < 1.29 is 9.90 Å². The highest BCUT2D eigenvalue weighted by Gasteiger charge is 2.22. The van der Waals surface area contributed by atoms with E-state index in [2.05, 4.69) is 18.2 Å². The average molecular weight is 247 g/mol. The maximum atomic E-state index is 12.2. The minimum Gasteiger partial charge on any atom is -0.391 e. The Morgan fingerprint density at radius 3 is 2.94 bits per heavy atom. The third kappa shape index (κ3) is 3.10. The second-order valence-electron chi connectivity index (χ2n) is 5.24. The van der Waals surface area contributed by atoms with Crippen LogP contribution in [-0.4, -0.2) is 35.1 Å². The lowest BCUT2D eigenvalue weighted by molar-refractivity contribution is -0.133. The minimum atomic E-state index is -0.346. The maximum absolute atomic E-state index is 12.2. The van der Waals surface area contributed by atoms with Crippen molar-refractivity contribution in [3.05, 3.63) is 34.9 Å². The number of β-amino-alcohol motifs (C(OH)–C–C–N with tert-alkyl or cyclic N) is 1. The van der Waals surface area contributed by atoms with Gasteiger partial charge in [-0.15, -0.1) is 0 Å². The molecule has 1 fully saturated rings. The summed E-state index contributed by atoms with van der Waals surface area (Å²) in [7, 11) is 0. The molecule has 1 heterocycles. The molecule has 98 valence electrons. The van der Waals surface area contributed by atoms with Crippen molar-refractivity contribution in [2.24, 2.45) is 0 Å². The number of aliphatic hydroxyl groups excluding tert-OH is 1. The third-order valence-corrected chi connectivity index (χ3v) is 3.60. The number of carbonyl (C=O) groups is 1. The molecular weight excluding hydrogens is 226 g/mol. The van der Waals surface area contributed by atoms with Gasteiger partial charge >= 0.3 is 0 Å². The molecule has 18 heavy (non-hydrogen) atoms. The second-order valence-corrected chi connectivity index (χ2v) is 5.24. The molecule has 1 aromatic carbocycles. The van der Waals surface area contributed by atoms with E-state index in [1.165, 1.54) is 5.56 Å². The summed E-state index contributed by atoms with van der Waals surface area (Å²) in [6, 6.07) is 6.20. The quantitative estimate of drug-likeness (QED) is 0.866. The van der Waals surface area contributed by atoms with E-state index in [1.807, 2.05) is 13.8 Å². The number of hydrogen-bond donors (Lipinski definition) is 1. The number of aryl methyl sites for hydroxylation is 2. The van der Waals surface area contributed by atoms with Crippen LogP contribution < -0.4 is 0 Å². The minimum absolute atomic E-state index is 0.127. The van der Waals surface area contributed by atoms with E-state index in [-0.39, 0.29) is 12.0 Å².